The molecule has 1 unspecified atom stereocenters. The first kappa shape index (κ1) is 13.8. The molecule has 19 heavy (non-hydrogen) atoms. The maximum atomic E-state index is 12.1. The molecule has 0 bridgehead atoms. The van der Waals surface area contributed by atoms with E-state index in [9.17, 15) is 4.79 Å². The average molecular weight is 274 g/mol. The molecule has 2 aromatic rings. The van der Waals surface area contributed by atoms with Gasteiger partial charge < -0.3 is 11.1 Å². The molecule has 1 aromatic carbocycles. The van der Waals surface area contributed by atoms with Crippen molar-refractivity contribution >= 4 is 17.2 Å². The first-order valence-corrected chi connectivity index (χ1v) is 7.29. The Kier molecular flexibility index (Phi) is 5.12. The van der Waals surface area contributed by atoms with Crippen LogP contribution in [0.5, 0.6) is 0 Å². The molecule has 0 saturated carbocycles. The molecule has 0 aliphatic rings. The number of carbonyl (C=O) groups is 1. The minimum absolute atomic E-state index is 0.00364. The fourth-order valence-corrected chi connectivity index (χ4v) is 2.67. The van der Waals surface area contributed by atoms with Gasteiger partial charge in [-0.3, -0.25) is 4.79 Å². The van der Waals surface area contributed by atoms with E-state index in [0.29, 0.717) is 13.1 Å². The number of nitrogens with two attached hydrogens (primary N) is 1. The molecule has 1 amide bonds. The van der Waals surface area contributed by atoms with Gasteiger partial charge in [0.1, 0.15) is 0 Å². The number of amides is 1. The number of carbonyl (C=O) groups excluding carboxylic acids is 1. The molecule has 1 atom stereocenters. The van der Waals surface area contributed by atoms with Gasteiger partial charge in [-0.15, -0.1) is 0 Å². The third kappa shape index (κ3) is 3.91. The zero-order valence-corrected chi connectivity index (χ0v) is 11.5. The van der Waals surface area contributed by atoms with Crippen LogP contribution < -0.4 is 11.1 Å². The van der Waals surface area contributed by atoms with E-state index in [1.165, 1.54) is 5.56 Å². The summed E-state index contributed by atoms with van der Waals surface area (Å²) in [4.78, 5) is 12.1. The molecule has 3 nitrogen and oxygen atoms in total. The normalized spacial score (nSPS) is 12.1. The van der Waals surface area contributed by atoms with Crippen molar-refractivity contribution in [1.29, 1.82) is 0 Å². The lowest BCUT2D eigenvalue weighted by atomic mass is 9.98. The largest absolute Gasteiger partial charge is 0.355 e. The average Bonchev–Trinajstić information content (AvgIpc) is 2.94. The second-order valence-electron chi connectivity index (χ2n) is 4.37. The van der Waals surface area contributed by atoms with E-state index in [1.807, 2.05) is 35.7 Å². The standard InChI is InChI=1S/C15H18N2OS/c16-10-14(13-4-2-1-3-5-13)15(18)17-8-6-12-7-9-19-11-12/h1-5,7,9,11,14H,6,8,10,16H2,(H,17,18). The first-order chi connectivity index (χ1) is 9.31. The van der Waals surface area contributed by atoms with Gasteiger partial charge in [-0.1, -0.05) is 30.3 Å². The van der Waals surface area contributed by atoms with Crippen molar-refractivity contribution < 1.29 is 4.79 Å². The number of thiophene rings is 1. The molecule has 0 radical (unpaired) electrons. The monoisotopic (exact) mass is 274 g/mol. The summed E-state index contributed by atoms with van der Waals surface area (Å²) in [5.74, 6) is -0.257. The lowest BCUT2D eigenvalue weighted by Crippen LogP contribution is -2.34. The Morgan fingerprint density at radius 1 is 1.26 bits per heavy atom. The molecule has 1 heterocycles. The second kappa shape index (κ2) is 7.07. The quantitative estimate of drug-likeness (QED) is 0.848. The van der Waals surface area contributed by atoms with E-state index in [-0.39, 0.29) is 11.8 Å². The van der Waals surface area contributed by atoms with Gasteiger partial charge in [0.2, 0.25) is 5.91 Å². The van der Waals surface area contributed by atoms with E-state index in [1.54, 1.807) is 11.3 Å². The van der Waals surface area contributed by atoms with E-state index >= 15 is 0 Å². The van der Waals surface area contributed by atoms with Crippen molar-refractivity contribution in [2.75, 3.05) is 13.1 Å². The van der Waals surface area contributed by atoms with E-state index in [4.69, 9.17) is 5.73 Å². The third-order valence-corrected chi connectivity index (χ3v) is 3.78. The van der Waals surface area contributed by atoms with Gasteiger partial charge >= 0.3 is 0 Å². The van der Waals surface area contributed by atoms with E-state index in [0.717, 1.165) is 12.0 Å². The number of benzene rings is 1. The summed E-state index contributed by atoms with van der Waals surface area (Å²) in [7, 11) is 0. The highest BCUT2D eigenvalue weighted by atomic mass is 32.1. The van der Waals surface area contributed by atoms with Crippen molar-refractivity contribution in [2.24, 2.45) is 5.73 Å². The van der Waals surface area contributed by atoms with Gasteiger partial charge in [0, 0.05) is 13.1 Å². The van der Waals surface area contributed by atoms with Gasteiger partial charge in [0.25, 0.3) is 0 Å². The Morgan fingerprint density at radius 2 is 2.05 bits per heavy atom. The molecule has 0 aliphatic carbocycles. The van der Waals surface area contributed by atoms with Crippen LogP contribution in [-0.4, -0.2) is 19.0 Å². The number of hydrogen-bond acceptors (Lipinski definition) is 3. The van der Waals surface area contributed by atoms with Crippen LogP contribution in [0, 0.1) is 0 Å². The van der Waals surface area contributed by atoms with Crippen LogP contribution in [0.4, 0.5) is 0 Å². The van der Waals surface area contributed by atoms with Crippen molar-refractivity contribution in [3.8, 4) is 0 Å². The minimum atomic E-state index is -0.260. The summed E-state index contributed by atoms with van der Waals surface area (Å²) in [6.07, 6.45) is 0.862. The lowest BCUT2D eigenvalue weighted by molar-refractivity contribution is -0.122. The lowest BCUT2D eigenvalue weighted by Gasteiger charge is -2.15. The summed E-state index contributed by atoms with van der Waals surface area (Å²) in [5, 5.41) is 7.10. The summed E-state index contributed by atoms with van der Waals surface area (Å²) >= 11 is 1.67. The third-order valence-electron chi connectivity index (χ3n) is 3.05. The van der Waals surface area contributed by atoms with Gasteiger partial charge in [-0.2, -0.15) is 11.3 Å². The second-order valence-corrected chi connectivity index (χ2v) is 5.15. The van der Waals surface area contributed by atoms with Crippen molar-refractivity contribution in [3.63, 3.8) is 0 Å². The highest BCUT2D eigenvalue weighted by Crippen LogP contribution is 2.14. The van der Waals surface area contributed by atoms with Gasteiger partial charge in [0.05, 0.1) is 5.92 Å². The molecule has 3 N–H and O–H groups in total. The Hall–Kier alpha value is -1.65. The minimum Gasteiger partial charge on any atom is -0.355 e. The summed E-state index contributed by atoms with van der Waals surface area (Å²) < 4.78 is 0. The Morgan fingerprint density at radius 3 is 2.68 bits per heavy atom. The molecule has 1 aromatic heterocycles. The maximum absolute atomic E-state index is 12.1. The van der Waals surface area contributed by atoms with Crippen LogP contribution in [0.25, 0.3) is 0 Å². The molecule has 2 rings (SSSR count). The molecule has 0 aliphatic heterocycles. The Bertz CT molecular complexity index is 496. The molecular weight excluding hydrogens is 256 g/mol. The van der Waals surface area contributed by atoms with Gasteiger partial charge in [-0.25, -0.2) is 0 Å². The van der Waals surface area contributed by atoms with Crippen molar-refractivity contribution in [1.82, 2.24) is 5.32 Å². The zero-order chi connectivity index (χ0) is 13.5. The molecule has 0 fully saturated rings. The van der Waals surface area contributed by atoms with Crippen LogP contribution in [0.2, 0.25) is 0 Å². The van der Waals surface area contributed by atoms with Crippen LogP contribution in [0.15, 0.2) is 47.2 Å². The Balaban J connectivity index is 1.87. The number of rotatable bonds is 6. The number of hydrogen-bond donors (Lipinski definition) is 2. The van der Waals surface area contributed by atoms with Crippen LogP contribution >= 0.6 is 11.3 Å². The van der Waals surface area contributed by atoms with E-state index in [2.05, 4.69) is 16.8 Å². The fourth-order valence-electron chi connectivity index (χ4n) is 1.97. The van der Waals surface area contributed by atoms with Crippen LogP contribution in [0.3, 0.4) is 0 Å². The topological polar surface area (TPSA) is 55.1 Å². The van der Waals surface area contributed by atoms with Crippen molar-refractivity contribution in [3.05, 3.63) is 58.3 Å². The SMILES string of the molecule is NCC(C(=O)NCCc1ccsc1)c1ccccc1. The predicted molar refractivity (Wildman–Crippen MR) is 79.3 cm³/mol. The molecular formula is C15H18N2OS. The number of nitrogens with one attached hydrogen (secondary N) is 1. The highest BCUT2D eigenvalue weighted by Gasteiger charge is 2.17. The van der Waals surface area contributed by atoms with Gasteiger partial charge in [-0.05, 0) is 34.4 Å². The van der Waals surface area contributed by atoms with Crippen LogP contribution in [-0.2, 0) is 11.2 Å². The zero-order valence-electron chi connectivity index (χ0n) is 10.7. The van der Waals surface area contributed by atoms with Crippen molar-refractivity contribution in [2.45, 2.75) is 12.3 Å². The van der Waals surface area contributed by atoms with E-state index < -0.39 is 0 Å². The van der Waals surface area contributed by atoms with Gasteiger partial charge in [0.15, 0.2) is 0 Å². The highest BCUT2D eigenvalue weighted by molar-refractivity contribution is 7.07. The maximum Gasteiger partial charge on any atom is 0.228 e. The molecule has 0 saturated heterocycles. The molecule has 0 spiro atoms. The fraction of sp³-hybridized carbons (Fsp3) is 0.267. The predicted octanol–water partition coefficient (Wildman–Crippen LogP) is 2.15. The first-order valence-electron chi connectivity index (χ1n) is 6.35. The molecule has 4 heteroatoms. The van der Waals surface area contributed by atoms with Crippen LogP contribution in [0.1, 0.15) is 17.0 Å². The smallest absolute Gasteiger partial charge is 0.228 e. The Labute approximate surface area is 117 Å². The molecule has 100 valence electrons. The summed E-state index contributed by atoms with van der Waals surface area (Å²) in [6, 6.07) is 11.7. The summed E-state index contributed by atoms with van der Waals surface area (Å²) in [6.45, 7) is 0.979. The summed E-state index contributed by atoms with van der Waals surface area (Å²) in [5.41, 5.74) is 7.94.